The molecule has 0 atom stereocenters. The molecule has 2 aliphatic rings. The highest BCUT2D eigenvalue weighted by molar-refractivity contribution is 5.89. The highest BCUT2D eigenvalue weighted by atomic mass is 16.5. The van der Waals surface area contributed by atoms with Gasteiger partial charge in [-0.3, -0.25) is 9.69 Å². The van der Waals surface area contributed by atoms with E-state index in [1.54, 1.807) is 0 Å². The summed E-state index contributed by atoms with van der Waals surface area (Å²) in [5, 5.41) is 15.0. The zero-order valence-electron chi connectivity index (χ0n) is 16.9. The molecule has 2 amide bonds. The largest absolute Gasteiger partial charge is 0.491 e. The van der Waals surface area contributed by atoms with Crippen molar-refractivity contribution in [2.75, 3.05) is 18.4 Å². The summed E-state index contributed by atoms with van der Waals surface area (Å²) in [5.41, 5.74) is 1.71. The Morgan fingerprint density at radius 1 is 1.29 bits per heavy atom. The average molecular weight is 389 g/mol. The highest BCUT2D eigenvalue weighted by Crippen LogP contribution is 2.33. The third kappa shape index (κ3) is 5.86. The number of carbonyl (C=O) groups excluding carboxylic acids is 1. The third-order valence-electron chi connectivity index (χ3n) is 5.30. The summed E-state index contributed by atoms with van der Waals surface area (Å²) in [5.74, 6) is 0.632. The van der Waals surface area contributed by atoms with Gasteiger partial charge >= 0.3 is 12.0 Å². The van der Waals surface area contributed by atoms with Crippen LogP contribution in [0.5, 0.6) is 5.75 Å². The van der Waals surface area contributed by atoms with E-state index in [2.05, 4.69) is 15.5 Å². The lowest BCUT2D eigenvalue weighted by atomic mass is 9.85. The van der Waals surface area contributed by atoms with Crippen LogP contribution in [-0.2, 0) is 4.79 Å². The fourth-order valence-corrected chi connectivity index (χ4v) is 3.56. The number of urea groups is 1. The summed E-state index contributed by atoms with van der Waals surface area (Å²) in [7, 11) is 0. The number of hydrogen-bond acceptors (Lipinski definition) is 4. The number of hydrogen-bond donors (Lipinski definition) is 3. The lowest BCUT2D eigenvalue weighted by Gasteiger charge is -2.42. The molecule has 28 heavy (non-hydrogen) atoms. The van der Waals surface area contributed by atoms with E-state index >= 15 is 0 Å². The summed E-state index contributed by atoms with van der Waals surface area (Å²) < 4.78 is 5.76. The van der Waals surface area contributed by atoms with Gasteiger partial charge < -0.3 is 20.5 Å². The van der Waals surface area contributed by atoms with E-state index in [-0.39, 0.29) is 30.8 Å². The highest BCUT2D eigenvalue weighted by Gasteiger charge is 2.37. The van der Waals surface area contributed by atoms with Crippen LogP contribution < -0.4 is 15.4 Å². The summed E-state index contributed by atoms with van der Waals surface area (Å²) in [6.07, 6.45) is 4.06. The number of nitrogens with one attached hydrogen (secondary N) is 2. The maximum atomic E-state index is 12.3. The van der Waals surface area contributed by atoms with Crippen LogP contribution in [0.15, 0.2) is 18.2 Å². The molecule has 0 heterocycles. The number of rotatable bonds is 9. The van der Waals surface area contributed by atoms with Crippen molar-refractivity contribution in [3.8, 4) is 5.75 Å². The van der Waals surface area contributed by atoms with Crippen molar-refractivity contribution in [1.82, 2.24) is 10.2 Å². The van der Waals surface area contributed by atoms with E-state index in [0.717, 1.165) is 30.7 Å². The smallest absolute Gasteiger partial charge is 0.319 e. The molecule has 3 rings (SSSR count). The lowest BCUT2D eigenvalue weighted by Crippen LogP contribution is -2.55. The maximum absolute atomic E-state index is 12.3. The number of nitrogens with zero attached hydrogens (tertiary/aromatic N) is 1. The van der Waals surface area contributed by atoms with Gasteiger partial charge in [0.1, 0.15) is 5.75 Å². The first-order valence-electron chi connectivity index (χ1n) is 10.1. The van der Waals surface area contributed by atoms with Crippen LogP contribution in [0.1, 0.15) is 45.1 Å². The number of carboxylic acid groups (broad SMARTS) is 1. The van der Waals surface area contributed by atoms with Gasteiger partial charge in [0.05, 0.1) is 12.6 Å². The molecule has 0 bridgehead atoms. The maximum Gasteiger partial charge on any atom is 0.319 e. The quantitative estimate of drug-likeness (QED) is 0.603. The lowest BCUT2D eigenvalue weighted by molar-refractivity contribution is -0.139. The van der Waals surface area contributed by atoms with Crippen LogP contribution in [0.4, 0.5) is 10.5 Å². The zero-order valence-corrected chi connectivity index (χ0v) is 16.9. The molecule has 1 aromatic carbocycles. The van der Waals surface area contributed by atoms with Crippen LogP contribution >= 0.6 is 0 Å². The van der Waals surface area contributed by atoms with Crippen LogP contribution in [0.25, 0.3) is 0 Å². The van der Waals surface area contributed by atoms with Gasteiger partial charge in [-0.1, -0.05) is 6.07 Å². The van der Waals surface area contributed by atoms with E-state index in [4.69, 9.17) is 9.84 Å². The van der Waals surface area contributed by atoms with Crippen molar-refractivity contribution in [2.45, 2.75) is 64.6 Å². The third-order valence-corrected chi connectivity index (χ3v) is 5.30. The average Bonchev–Trinajstić information content (AvgIpc) is 3.36. The summed E-state index contributed by atoms with van der Waals surface area (Å²) in [6, 6.07) is 5.70. The second kappa shape index (κ2) is 8.82. The van der Waals surface area contributed by atoms with E-state index in [0.29, 0.717) is 11.6 Å². The predicted molar refractivity (Wildman–Crippen MR) is 108 cm³/mol. The monoisotopic (exact) mass is 389 g/mol. The molecular formula is C21H31N3O4. The fraction of sp³-hybridized carbons (Fsp3) is 0.619. The first-order chi connectivity index (χ1) is 13.3. The Labute approximate surface area is 166 Å². The molecule has 7 nitrogen and oxygen atoms in total. The van der Waals surface area contributed by atoms with Crippen molar-refractivity contribution in [1.29, 1.82) is 0 Å². The van der Waals surface area contributed by atoms with E-state index in [9.17, 15) is 9.59 Å². The number of carbonyl (C=O) groups is 2. The molecule has 2 aliphatic carbocycles. The van der Waals surface area contributed by atoms with Gasteiger partial charge in [-0.15, -0.1) is 0 Å². The molecule has 0 unspecified atom stereocenters. The number of amides is 2. The second-order valence-corrected chi connectivity index (χ2v) is 8.33. The minimum absolute atomic E-state index is 0.0686. The van der Waals surface area contributed by atoms with Crippen LogP contribution in [0.2, 0.25) is 0 Å². The Kier molecular flexibility index (Phi) is 6.44. The normalized spacial score (nSPS) is 21.3. The fourth-order valence-electron chi connectivity index (χ4n) is 3.56. The van der Waals surface area contributed by atoms with Crippen molar-refractivity contribution >= 4 is 17.7 Å². The molecule has 1 aromatic rings. The van der Waals surface area contributed by atoms with Crippen LogP contribution in [-0.4, -0.2) is 53.3 Å². The van der Waals surface area contributed by atoms with Gasteiger partial charge in [0, 0.05) is 30.4 Å². The minimum Gasteiger partial charge on any atom is -0.491 e. The molecule has 0 saturated heterocycles. The van der Waals surface area contributed by atoms with Gasteiger partial charge in [-0.2, -0.15) is 0 Å². The predicted octanol–water partition coefficient (Wildman–Crippen LogP) is 3.23. The summed E-state index contributed by atoms with van der Waals surface area (Å²) in [6.45, 7) is 6.85. The van der Waals surface area contributed by atoms with Gasteiger partial charge in [-0.05, 0) is 64.0 Å². The molecule has 0 aliphatic heterocycles. The molecule has 0 spiro atoms. The summed E-state index contributed by atoms with van der Waals surface area (Å²) in [4.78, 5) is 25.5. The molecule has 2 fully saturated rings. The first kappa shape index (κ1) is 20.5. The van der Waals surface area contributed by atoms with Crippen molar-refractivity contribution in [3.05, 3.63) is 23.8 Å². The molecule has 0 aromatic heterocycles. The Hall–Kier alpha value is -2.28. The Bertz CT molecular complexity index is 712. The molecular weight excluding hydrogens is 358 g/mol. The number of anilines is 1. The van der Waals surface area contributed by atoms with Crippen LogP contribution in [0.3, 0.4) is 0 Å². The number of benzene rings is 1. The number of aryl methyl sites for hydroxylation is 1. The minimum atomic E-state index is -0.784. The summed E-state index contributed by atoms with van der Waals surface area (Å²) >= 11 is 0. The second-order valence-electron chi connectivity index (χ2n) is 8.33. The number of carboxylic acids is 1. The Balaban J connectivity index is 1.46. The standard InChI is InChI=1S/C21H31N3O4/c1-13(2)28-19-10-16(7-4-14(19)3)22-21(27)23-17-8-18(9-17)24(12-20(25)26)11-15-5-6-15/h4,7,10,13,15,17-18H,5-6,8-9,11-12H2,1-3H3,(H,25,26)(H2,22,23,27). The van der Waals surface area contributed by atoms with Crippen LogP contribution in [0, 0.1) is 12.8 Å². The molecule has 2 saturated carbocycles. The SMILES string of the molecule is Cc1ccc(NC(=O)NC2CC(N(CC(=O)O)CC3CC3)C2)cc1OC(C)C. The van der Waals surface area contributed by atoms with Gasteiger partial charge in [0.15, 0.2) is 0 Å². The van der Waals surface area contributed by atoms with Gasteiger partial charge in [0.2, 0.25) is 0 Å². The Morgan fingerprint density at radius 3 is 2.61 bits per heavy atom. The van der Waals surface area contributed by atoms with E-state index in [1.807, 2.05) is 39.0 Å². The van der Waals surface area contributed by atoms with Gasteiger partial charge in [0.25, 0.3) is 0 Å². The zero-order chi connectivity index (χ0) is 20.3. The van der Waals surface area contributed by atoms with Gasteiger partial charge in [-0.25, -0.2) is 4.79 Å². The van der Waals surface area contributed by atoms with Crippen molar-refractivity contribution < 1.29 is 19.4 Å². The Morgan fingerprint density at radius 2 is 2.00 bits per heavy atom. The molecule has 154 valence electrons. The topological polar surface area (TPSA) is 90.9 Å². The molecule has 3 N–H and O–H groups in total. The molecule has 0 radical (unpaired) electrons. The van der Waals surface area contributed by atoms with E-state index in [1.165, 1.54) is 12.8 Å². The van der Waals surface area contributed by atoms with Crippen molar-refractivity contribution in [2.24, 2.45) is 5.92 Å². The molecule has 7 heteroatoms. The van der Waals surface area contributed by atoms with E-state index < -0.39 is 5.97 Å². The van der Waals surface area contributed by atoms with Crippen molar-refractivity contribution in [3.63, 3.8) is 0 Å². The first-order valence-corrected chi connectivity index (χ1v) is 10.1. The number of ether oxygens (including phenoxy) is 1. The number of aliphatic carboxylic acids is 1.